The Morgan fingerprint density at radius 2 is 1.71 bits per heavy atom. The van der Waals surface area contributed by atoms with Crippen LogP contribution in [0.5, 0.6) is 0 Å². The predicted octanol–water partition coefficient (Wildman–Crippen LogP) is 4.47. The average Bonchev–Trinajstić information content (AvgIpc) is 2.22. The lowest BCUT2D eigenvalue weighted by atomic mass is 9.65. The van der Waals surface area contributed by atoms with Crippen molar-refractivity contribution in [2.24, 2.45) is 22.2 Å². The molecule has 0 aromatic rings. The van der Waals surface area contributed by atoms with Crippen molar-refractivity contribution in [3.8, 4) is 0 Å². The maximum Gasteiger partial charge on any atom is -0.00152 e. The lowest BCUT2D eigenvalue weighted by Gasteiger charge is -2.41. The minimum Gasteiger partial charge on any atom is -0.316 e. The molecule has 1 N–H and O–H groups in total. The zero-order valence-electron chi connectivity index (χ0n) is 13.1. The Labute approximate surface area is 109 Å². The van der Waals surface area contributed by atoms with E-state index in [1.54, 1.807) is 0 Å². The standard InChI is InChI=1S/C16H33N/c1-14(2,3)12-16(6,7)13-10-15(4,5)8-9-17-11-13/h13,17H,8-12H2,1-7H3. The number of rotatable bonds is 2. The molecular formula is C16H33N. The fraction of sp³-hybridized carbons (Fsp3) is 1.00. The van der Waals surface area contributed by atoms with Crippen molar-refractivity contribution in [1.29, 1.82) is 0 Å². The van der Waals surface area contributed by atoms with Gasteiger partial charge in [0.1, 0.15) is 0 Å². The second-order valence-corrected chi connectivity index (χ2v) is 8.75. The molecule has 0 saturated carbocycles. The van der Waals surface area contributed by atoms with Crippen molar-refractivity contribution in [1.82, 2.24) is 5.32 Å². The lowest BCUT2D eigenvalue weighted by Crippen LogP contribution is -2.36. The Morgan fingerprint density at radius 3 is 2.24 bits per heavy atom. The van der Waals surface area contributed by atoms with Gasteiger partial charge in [0.05, 0.1) is 0 Å². The molecule has 0 spiro atoms. The van der Waals surface area contributed by atoms with Gasteiger partial charge < -0.3 is 5.32 Å². The Hall–Kier alpha value is -0.0400. The zero-order valence-corrected chi connectivity index (χ0v) is 13.1. The summed E-state index contributed by atoms with van der Waals surface area (Å²) in [4.78, 5) is 0. The van der Waals surface area contributed by atoms with Gasteiger partial charge in [-0.15, -0.1) is 0 Å². The van der Waals surface area contributed by atoms with Gasteiger partial charge in [0, 0.05) is 0 Å². The number of hydrogen-bond acceptors (Lipinski definition) is 1. The molecule has 1 heteroatoms. The van der Waals surface area contributed by atoms with Gasteiger partial charge in [-0.1, -0.05) is 48.5 Å². The van der Waals surface area contributed by atoms with Crippen molar-refractivity contribution < 1.29 is 0 Å². The summed E-state index contributed by atoms with van der Waals surface area (Å²) < 4.78 is 0. The summed E-state index contributed by atoms with van der Waals surface area (Å²) >= 11 is 0. The van der Waals surface area contributed by atoms with Crippen LogP contribution < -0.4 is 5.32 Å². The second kappa shape index (κ2) is 4.91. The van der Waals surface area contributed by atoms with Crippen LogP contribution in [0, 0.1) is 22.2 Å². The molecule has 1 nitrogen and oxygen atoms in total. The van der Waals surface area contributed by atoms with E-state index in [4.69, 9.17) is 0 Å². The van der Waals surface area contributed by atoms with Crippen molar-refractivity contribution in [2.45, 2.75) is 67.7 Å². The van der Waals surface area contributed by atoms with Crippen LogP contribution in [-0.2, 0) is 0 Å². The Kier molecular flexibility index (Phi) is 4.34. The van der Waals surface area contributed by atoms with Crippen LogP contribution in [0.15, 0.2) is 0 Å². The third kappa shape index (κ3) is 4.99. The Balaban J connectivity index is 2.75. The highest BCUT2D eigenvalue weighted by Gasteiger charge is 2.37. The van der Waals surface area contributed by atoms with Crippen LogP contribution in [0.3, 0.4) is 0 Å². The molecule has 1 heterocycles. The molecule has 1 atom stereocenters. The van der Waals surface area contributed by atoms with Gasteiger partial charge in [0.2, 0.25) is 0 Å². The summed E-state index contributed by atoms with van der Waals surface area (Å²) in [5.74, 6) is 0.805. The summed E-state index contributed by atoms with van der Waals surface area (Å²) in [5.41, 5.74) is 1.37. The molecular weight excluding hydrogens is 206 g/mol. The topological polar surface area (TPSA) is 12.0 Å². The van der Waals surface area contributed by atoms with E-state index >= 15 is 0 Å². The molecule has 0 bridgehead atoms. The quantitative estimate of drug-likeness (QED) is 0.749. The van der Waals surface area contributed by atoms with Crippen LogP contribution in [0.25, 0.3) is 0 Å². The number of nitrogens with one attached hydrogen (secondary N) is 1. The third-order valence-corrected chi connectivity index (χ3v) is 4.26. The van der Waals surface area contributed by atoms with Crippen LogP contribution in [-0.4, -0.2) is 13.1 Å². The first kappa shape index (κ1) is 15.0. The van der Waals surface area contributed by atoms with Gasteiger partial charge >= 0.3 is 0 Å². The molecule has 1 unspecified atom stereocenters. The highest BCUT2D eigenvalue weighted by atomic mass is 14.9. The van der Waals surface area contributed by atoms with Crippen molar-refractivity contribution in [3.05, 3.63) is 0 Å². The van der Waals surface area contributed by atoms with E-state index in [0.717, 1.165) is 5.92 Å². The predicted molar refractivity (Wildman–Crippen MR) is 77.2 cm³/mol. The molecule has 0 aromatic carbocycles. The molecule has 1 aliphatic rings. The zero-order chi connectivity index (χ0) is 13.3. The van der Waals surface area contributed by atoms with Crippen LogP contribution >= 0.6 is 0 Å². The van der Waals surface area contributed by atoms with E-state index in [1.165, 1.54) is 32.4 Å². The van der Waals surface area contributed by atoms with E-state index in [-0.39, 0.29) is 0 Å². The van der Waals surface area contributed by atoms with E-state index in [2.05, 4.69) is 53.8 Å². The second-order valence-electron chi connectivity index (χ2n) is 8.75. The maximum atomic E-state index is 3.64. The monoisotopic (exact) mass is 239 g/mol. The molecule has 0 amide bonds. The first-order valence-corrected chi connectivity index (χ1v) is 7.23. The number of hydrogen-bond donors (Lipinski definition) is 1. The lowest BCUT2D eigenvalue weighted by molar-refractivity contribution is 0.0988. The smallest absolute Gasteiger partial charge is 0.00152 e. The van der Waals surface area contributed by atoms with Gasteiger partial charge in [-0.2, -0.15) is 0 Å². The molecule has 1 saturated heterocycles. The Bertz CT molecular complexity index is 245. The summed E-state index contributed by atoms with van der Waals surface area (Å²) in [6.45, 7) is 19.3. The molecule has 102 valence electrons. The van der Waals surface area contributed by atoms with E-state index in [0.29, 0.717) is 16.2 Å². The van der Waals surface area contributed by atoms with Gasteiger partial charge in [0.15, 0.2) is 0 Å². The van der Waals surface area contributed by atoms with Crippen molar-refractivity contribution in [3.63, 3.8) is 0 Å². The molecule has 0 aromatic heterocycles. The van der Waals surface area contributed by atoms with E-state index < -0.39 is 0 Å². The fourth-order valence-electron chi connectivity index (χ4n) is 3.61. The van der Waals surface area contributed by atoms with Crippen molar-refractivity contribution >= 4 is 0 Å². The highest BCUT2D eigenvalue weighted by molar-refractivity contribution is 4.89. The van der Waals surface area contributed by atoms with Crippen LogP contribution in [0.2, 0.25) is 0 Å². The molecule has 0 radical (unpaired) electrons. The first-order valence-electron chi connectivity index (χ1n) is 7.23. The minimum atomic E-state index is 0.431. The van der Waals surface area contributed by atoms with E-state index in [9.17, 15) is 0 Å². The van der Waals surface area contributed by atoms with Gasteiger partial charge in [0.25, 0.3) is 0 Å². The highest BCUT2D eigenvalue weighted by Crippen LogP contribution is 2.44. The van der Waals surface area contributed by atoms with E-state index in [1.807, 2.05) is 0 Å². The molecule has 1 fully saturated rings. The molecule has 1 rings (SSSR count). The molecule has 0 aliphatic carbocycles. The average molecular weight is 239 g/mol. The normalized spacial score (nSPS) is 26.6. The van der Waals surface area contributed by atoms with Gasteiger partial charge in [-0.25, -0.2) is 0 Å². The van der Waals surface area contributed by atoms with Gasteiger partial charge in [-0.3, -0.25) is 0 Å². The van der Waals surface area contributed by atoms with Crippen LogP contribution in [0.4, 0.5) is 0 Å². The first-order chi connectivity index (χ1) is 7.52. The third-order valence-electron chi connectivity index (χ3n) is 4.26. The van der Waals surface area contributed by atoms with Crippen LogP contribution in [0.1, 0.15) is 67.7 Å². The van der Waals surface area contributed by atoms with Crippen molar-refractivity contribution in [2.75, 3.05) is 13.1 Å². The summed E-state index contributed by atoms with van der Waals surface area (Å²) in [7, 11) is 0. The SMILES string of the molecule is CC(C)(C)CC(C)(C)C1CNCCC(C)(C)C1. The summed E-state index contributed by atoms with van der Waals surface area (Å²) in [6.07, 6.45) is 3.99. The maximum absolute atomic E-state index is 3.64. The Morgan fingerprint density at radius 1 is 1.12 bits per heavy atom. The summed E-state index contributed by atoms with van der Waals surface area (Å²) in [5, 5.41) is 3.64. The largest absolute Gasteiger partial charge is 0.316 e. The molecule has 17 heavy (non-hydrogen) atoms. The molecule has 1 aliphatic heterocycles. The minimum absolute atomic E-state index is 0.431. The fourth-order valence-corrected chi connectivity index (χ4v) is 3.61. The van der Waals surface area contributed by atoms with Gasteiger partial charge in [-0.05, 0) is 54.5 Å². The summed E-state index contributed by atoms with van der Waals surface area (Å²) in [6, 6.07) is 0.